The molecule has 156 valence electrons. The molecule has 4 rings (SSSR count). The van der Waals surface area contributed by atoms with Gasteiger partial charge in [0.15, 0.2) is 0 Å². The summed E-state index contributed by atoms with van der Waals surface area (Å²) in [5.74, 6) is 0.904. The Bertz CT molecular complexity index is 716. The summed E-state index contributed by atoms with van der Waals surface area (Å²) in [7, 11) is 0. The predicted octanol–water partition coefficient (Wildman–Crippen LogP) is 0.277. The molecule has 1 aromatic rings. The molecule has 0 spiro atoms. The maximum absolute atomic E-state index is 12.4. The largest absolute Gasteiger partial charge is 0.377 e. The Hall–Kier alpha value is -1.87. The van der Waals surface area contributed by atoms with Crippen molar-refractivity contribution >= 4 is 6.03 Å². The summed E-state index contributed by atoms with van der Waals surface area (Å²) in [5, 5.41) is 7.42. The van der Waals surface area contributed by atoms with Crippen molar-refractivity contribution in [3.8, 4) is 0 Å². The van der Waals surface area contributed by atoms with Crippen molar-refractivity contribution in [3.05, 3.63) is 16.3 Å². The van der Waals surface area contributed by atoms with Crippen molar-refractivity contribution in [1.29, 1.82) is 0 Å². The van der Waals surface area contributed by atoms with E-state index >= 15 is 0 Å². The molecule has 0 radical (unpaired) electrons. The van der Waals surface area contributed by atoms with Gasteiger partial charge in [-0.15, -0.1) is 0 Å². The van der Waals surface area contributed by atoms with Gasteiger partial charge in [-0.25, -0.2) is 14.3 Å². The minimum Gasteiger partial charge on any atom is -0.377 e. The monoisotopic (exact) mass is 392 g/mol. The van der Waals surface area contributed by atoms with Crippen LogP contribution in [0.4, 0.5) is 4.79 Å². The number of fused-ring (bicyclic) bond motifs is 1. The molecule has 1 aromatic heterocycles. The van der Waals surface area contributed by atoms with Gasteiger partial charge in [-0.05, 0) is 32.1 Å². The highest BCUT2D eigenvalue weighted by Gasteiger charge is 2.24. The van der Waals surface area contributed by atoms with Crippen molar-refractivity contribution in [2.75, 3.05) is 45.9 Å². The molecule has 1 atom stereocenters. The number of aromatic nitrogens is 3. The van der Waals surface area contributed by atoms with Crippen LogP contribution in [0.25, 0.3) is 0 Å². The zero-order valence-electron chi connectivity index (χ0n) is 16.6. The normalized spacial score (nSPS) is 23.0. The van der Waals surface area contributed by atoms with Crippen LogP contribution in [0.5, 0.6) is 0 Å². The van der Waals surface area contributed by atoms with E-state index in [2.05, 4.69) is 15.3 Å². The summed E-state index contributed by atoms with van der Waals surface area (Å²) in [6, 6.07) is -0.00625. The number of carbonyl (C=O) groups is 1. The van der Waals surface area contributed by atoms with Gasteiger partial charge in [0.2, 0.25) is 0 Å². The number of amides is 2. The smallest absolute Gasteiger partial charge is 0.345 e. The Morgan fingerprint density at radius 3 is 2.75 bits per heavy atom. The standard InChI is InChI=1S/C19H32N6O3/c26-18(23-12-10-22(11-13-23)15-16-5-3-14-28-16)20-7-4-9-25-19(27)24-8-2-1-6-17(24)21-25/h16H,1-15H2,(H,20,26)/t16-/m0/s1. The third kappa shape index (κ3) is 4.57. The van der Waals surface area contributed by atoms with Gasteiger partial charge in [0.25, 0.3) is 0 Å². The Morgan fingerprint density at radius 2 is 2.00 bits per heavy atom. The minimum absolute atomic E-state index is 0.00625. The third-order valence-electron chi connectivity index (χ3n) is 6.00. The zero-order chi connectivity index (χ0) is 19.3. The highest BCUT2D eigenvalue weighted by atomic mass is 16.5. The second-order valence-electron chi connectivity index (χ2n) is 8.04. The molecule has 3 aliphatic rings. The highest BCUT2D eigenvalue weighted by Crippen LogP contribution is 2.14. The van der Waals surface area contributed by atoms with Crippen molar-refractivity contribution in [2.24, 2.45) is 0 Å². The summed E-state index contributed by atoms with van der Waals surface area (Å²) < 4.78 is 9.04. The first kappa shape index (κ1) is 19.4. The number of urea groups is 1. The van der Waals surface area contributed by atoms with Crippen LogP contribution in [0.3, 0.4) is 0 Å². The molecule has 0 unspecified atom stereocenters. The lowest BCUT2D eigenvalue weighted by Crippen LogP contribution is -2.53. The van der Waals surface area contributed by atoms with E-state index in [0.717, 1.165) is 77.4 Å². The summed E-state index contributed by atoms with van der Waals surface area (Å²) in [6.07, 6.45) is 6.45. The molecule has 2 amide bonds. The van der Waals surface area contributed by atoms with Crippen LogP contribution >= 0.6 is 0 Å². The lowest BCUT2D eigenvalue weighted by molar-refractivity contribution is 0.0561. The number of rotatable bonds is 6. The van der Waals surface area contributed by atoms with Crippen molar-refractivity contribution < 1.29 is 9.53 Å². The summed E-state index contributed by atoms with van der Waals surface area (Å²) in [5.41, 5.74) is -0.0107. The molecule has 0 bridgehead atoms. The Labute approximate surface area is 165 Å². The summed E-state index contributed by atoms with van der Waals surface area (Å²) in [4.78, 5) is 28.9. The molecule has 9 nitrogen and oxygen atoms in total. The molecule has 9 heteroatoms. The number of nitrogens with zero attached hydrogens (tertiary/aromatic N) is 5. The molecule has 0 saturated carbocycles. The van der Waals surface area contributed by atoms with Gasteiger partial charge in [-0.2, -0.15) is 5.10 Å². The highest BCUT2D eigenvalue weighted by molar-refractivity contribution is 5.74. The number of carbonyl (C=O) groups excluding carboxylic acids is 1. The molecule has 0 aliphatic carbocycles. The fourth-order valence-corrected chi connectivity index (χ4v) is 4.34. The van der Waals surface area contributed by atoms with Crippen molar-refractivity contribution in [2.45, 2.75) is 57.7 Å². The fourth-order valence-electron chi connectivity index (χ4n) is 4.34. The van der Waals surface area contributed by atoms with Gasteiger partial charge < -0.3 is 15.0 Å². The van der Waals surface area contributed by atoms with Crippen LogP contribution < -0.4 is 11.0 Å². The molecule has 2 saturated heterocycles. The lowest BCUT2D eigenvalue weighted by Gasteiger charge is -2.35. The molecule has 3 aliphatic heterocycles. The number of piperazine rings is 1. The molecule has 2 fully saturated rings. The van der Waals surface area contributed by atoms with Gasteiger partial charge >= 0.3 is 11.7 Å². The van der Waals surface area contributed by atoms with E-state index in [1.165, 1.54) is 6.42 Å². The van der Waals surface area contributed by atoms with E-state index in [1.807, 2.05) is 4.90 Å². The van der Waals surface area contributed by atoms with E-state index in [4.69, 9.17) is 4.74 Å². The molecular weight excluding hydrogens is 360 g/mol. The first-order chi connectivity index (χ1) is 13.7. The van der Waals surface area contributed by atoms with E-state index in [0.29, 0.717) is 25.6 Å². The zero-order valence-corrected chi connectivity index (χ0v) is 16.6. The number of hydrogen-bond donors (Lipinski definition) is 1. The van der Waals surface area contributed by atoms with Crippen LogP contribution in [-0.2, 0) is 24.2 Å². The third-order valence-corrected chi connectivity index (χ3v) is 6.00. The Balaban J connectivity index is 1.14. The van der Waals surface area contributed by atoms with Crippen LogP contribution in [0.2, 0.25) is 0 Å². The molecule has 28 heavy (non-hydrogen) atoms. The maximum Gasteiger partial charge on any atom is 0.345 e. The molecular formula is C19H32N6O3. The van der Waals surface area contributed by atoms with Crippen LogP contribution in [0.15, 0.2) is 4.79 Å². The number of nitrogens with one attached hydrogen (secondary N) is 1. The van der Waals surface area contributed by atoms with Gasteiger partial charge in [0.05, 0.1) is 6.10 Å². The van der Waals surface area contributed by atoms with Gasteiger partial charge in [0.1, 0.15) is 5.82 Å². The van der Waals surface area contributed by atoms with Crippen LogP contribution in [-0.4, -0.2) is 82.2 Å². The molecule has 1 N–H and O–H groups in total. The topological polar surface area (TPSA) is 84.6 Å². The Morgan fingerprint density at radius 1 is 1.14 bits per heavy atom. The molecule has 4 heterocycles. The van der Waals surface area contributed by atoms with Gasteiger partial charge in [-0.1, -0.05) is 0 Å². The average molecular weight is 393 g/mol. The number of hydrogen-bond acceptors (Lipinski definition) is 5. The van der Waals surface area contributed by atoms with Crippen molar-refractivity contribution in [3.63, 3.8) is 0 Å². The lowest BCUT2D eigenvalue weighted by atomic mass is 10.2. The van der Waals surface area contributed by atoms with Gasteiger partial charge in [-0.3, -0.25) is 9.47 Å². The van der Waals surface area contributed by atoms with Crippen LogP contribution in [0, 0.1) is 0 Å². The van der Waals surface area contributed by atoms with E-state index in [-0.39, 0.29) is 11.7 Å². The van der Waals surface area contributed by atoms with E-state index in [1.54, 1.807) is 9.25 Å². The number of aryl methyl sites for hydroxylation is 2. The van der Waals surface area contributed by atoms with Gasteiger partial charge in [0, 0.05) is 65.4 Å². The fraction of sp³-hybridized carbons (Fsp3) is 0.842. The van der Waals surface area contributed by atoms with E-state index in [9.17, 15) is 9.59 Å². The first-order valence-corrected chi connectivity index (χ1v) is 10.7. The second-order valence-corrected chi connectivity index (χ2v) is 8.04. The second kappa shape index (κ2) is 9.09. The Kier molecular flexibility index (Phi) is 6.31. The predicted molar refractivity (Wildman–Crippen MR) is 104 cm³/mol. The molecule has 0 aromatic carbocycles. The number of ether oxygens (including phenoxy) is 1. The first-order valence-electron chi connectivity index (χ1n) is 10.7. The van der Waals surface area contributed by atoms with Crippen molar-refractivity contribution in [1.82, 2.24) is 29.5 Å². The van der Waals surface area contributed by atoms with E-state index < -0.39 is 0 Å². The average Bonchev–Trinajstić information content (AvgIpc) is 3.34. The minimum atomic E-state index is -0.0107. The van der Waals surface area contributed by atoms with Crippen LogP contribution in [0.1, 0.15) is 37.9 Å². The maximum atomic E-state index is 12.4. The SMILES string of the molecule is O=C(NCCCn1nc2n(c1=O)CCCC2)N1CCN(C[C@@H]2CCCO2)CC1. The summed E-state index contributed by atoms with van der Waals surface area (Å²) in [6.45, 7) is 7.09. The quantitative estimate of drug-likeness (QED) is 0.703. The summed E-state index contributed by atoms with van der Waals surface area (Å²) >= 11 is 0.